The van der Waals surface area contributed by atoms with Gasteiger partial charge < -0.3 is 14.2 Å². The van der Waals surface area contributed by atoms with Crippen molar-refractivity contribution in [3.8, 4) is 6.01 Å². The summed E-state index contributed by atoms with van der Waals surface area (Å²) in [7, 11) is 0. The molecule has 1 fully saturated rings. The van der Waals surface area contributed by atoms with Crippen LogP contribution in [0.2, 0.25) is 0 Å². The maximum Gasteiger partial charge on any atom is 0.316 e. The maximum atomic E-state index is 13.0. The van der Waals surface area contributed by atoms with Gasteiger partial charge in [-0.3, -0.25) is 9.78 Å². The molecule has 9 heteroatoms. The van der Waals surface area contributed by atoms with Crippen molar-refractivity contribution in [1.29, 1.82) is 0 Å². The first-order valence-electron chi connectivity index (χ1n) is 10.2. The highest BCUT2D eigenvalue weighted by atomic mass is 16.5. The van der Waals surface area contributed by atoms with Gasteiger partial charge in [-0.05, 0) is 24.3 Å². The number of piperidine rings is 1. The van der Waals surface area contributed by atoms with Crippen LogP contribution in [0.4, 0.5) is 0 Å². The minimum Gasteiger partial charge on any atom is -0.460 e. The summed E-state index contributed by atoms with van der Waals surface area (Å²) in [6.45, 7) is 1.81. The molecular weight excluding hydrogens is 394 g/mol. The van der Waals surface area contributed by atoms with Gasteiger partial charge in [0.1, 0.15) is 11.6 Å². The molecule has 1 amide bonds. The van der Waals surface area contributed by atoms with E-state index in [-0.39, 0.29) is 12.0 Å². The van der Waals surface area contributed by atoms with Gasteiger partial charge in [0.25, 0.3) is 5.91 Å². The van der Waals surface area contributed by atoms with E-state index in [4.69, 9.17) is 4.74 Å². The molecule has 0 bridgehead atoms. The zero-order valence-electron chi connectivity index (χ0n) is 16.8. The fraction of sp³-hybridized carbons (Fsp3) is 0.273. The van der Waals surface area contributed by atoms with Crippen LogP contribution in [-0.2, 0) is 6.54 Å². The molecule has 5 heterocycles. The van der Waals surface area contributed by atoms with Crippen molar-refractivity contribution < 1.29 is 9.53 Å². The topological polar surface area (TPSA) is 98.9 Å². The Kier molecular flexibility index (Phi) is 5.22. The number of ether oxygens (including phenoxy) is 1. The zero-order valence-corrected chi connectivity index (χ0v) is 16.8. The second-order valence-corrected chi connectivity index (χ2v) is 7.40. The lowest BCUT2D eigenvalue weighted by Crippen LogP contribution is -2.42. The largest absolute Gasteiger partial charge is 0.460 e. The van der Waals surface area contributed by atoms with Gasteiger partial charge in [-0.15, -0.1) is 0 Å². The minimum atomic E-state index is -0.0388. The Morgan fingerprint density at radius 2 is 1.81 bits per heavy atom. The number of fused-ring (bicyclic) bond motifs is 1. The third kappa shape index (κ3) is 4.20. The molecule has 5 rings (SSSR count). The van der Waals surface area contributed by atoms with Gasteiger partial charge in [0.2, 0.25) is 0 Å². The molecule has 156 valence electrons. The van der Waals surface area contributed by atoms with E-state index < -0.39 is 0 Å². The fourth-order valence-corrected chi connectivity index (χ4v) is 3.70. The number of pyridine rings is 2. The number of aromatic nitrogens is 6. The van der Waals surface area contributed by atoms with Gasteiger partial charge in [0.15, 0.2) is 5.65 Å². The monoisotopic (exact) mass is 415 g/mol. The highest BCUT2D eigenvalue weighted by molar-refractivity contribution is 5.96. The number of likely N-dealkylation sites (tertiary alicyclic amines) is 1. The predicted molar refractivity (Wildman–Crippen MR) is 112 cm³/mol. The summed E-state index contributed by atoms with van der Waals surface area (Å²) >= 11 is 0. The molecule has 1 aliphatic rings. The summed E-state index contributed by atoms with van der Waals surface area (Å²) < 4.78 is 7.74. The first-order valence-corrected chi connectivity index (χ1v) is 10.2. The van der Waals surface area contributed by atoms with E-state index in [0.29, 0.717) is 36.7 Å². The molecule has 0 atom stereocenters. The van der Waals surface area contributed by atoms with Crippen LogP contribution in [0.1, 0.15) is 28.9 Å². The van der Waals surface area contributed by atoms with Crippen LogP contribution in [0.15, 0.2) is 61.4 Å². The molecular formula is C22H21N7O2. The van der Waals surface area contributed by atoms with Crippen LogP contribution < -0.4 is 4.74 Å². The average Bonchev–Trinajstić information content (AvgIpc) is 3.22. The van der Waals surface area contributed by atoms with E-state index in [1.807, 2.05) is 27.7 Å². The zero-order chi connectivity index (χ0) is 21.0. The molecule has 9 nitrogen and oxygen atoms in total. The lowest BCUT2D eigenvalue weighted by Gasteiger charge is -2.31. The van der Waals surface area contributed by atoms with Crippen molar-refractivity contribution in [1.82, 2.24) is 34.4 Å². The summed E-state index contributed by atoms with van der Waals surface area (Å²) in [5, 5.41) is 0. The van der Waals surface area contributed by atoms with E-state index >= 15 is 0 Å². The van der Waals surface area contributed by atoms with E-state index in [9.17, 15) is 4.79 Å². The number of hydrogen-bond donors (Lipinski definition) is 0. The van der Waals surface area contributed by atoms with Crippen LogP contribution in [0.25, 0.3) is 11.2 Å². The Labute approximate surface area is 178 Å². The highest BCUT2D eigenvalue weighted by Crippen LogP contribution is 2.19. The molecule has 4 aromatic rings. The quantitative estimate of drug-likeness (QED) is 0.493. The smallest absolute Gasteiger partial charge is 0.316 e. The van der Waals surface area contributed by atoms with Gasteiger partial charge in [-0.25, -0.2) is 19.9 Å². The van der Waals surface area contributed by atoms with Gasteiger partial charge in [-0.1, -0.05) is 6.07 Å². The molecule has 0 radical (unpaired) electrons. The Hall–Kier alpha value is -3.88. The van der Waals surface area contributed by atoms with Gasteiger partial charge >= 0.3 is 6.01 Å². The molecule has 1 saturated heterocycles. The third-order valence-electron chi connectivity index (χ3n) is 5.30. The number of carbonyl (C=O) groups is 1. The Bertz CT molecular complexity index is 1170. The van der Waals surface area contributed by atoms with Gasteiger partial charge in [0, 0.05) is 50.7 Å². The number of amides is 1. The van der Waals surface area contributed by atoms with Crippen molar-refractivity contribution in [2.24, 2.45) is 0 Å². The SMILES string of the molecule is O=C(c1cnc2c(c1)ncn2Cc1ccccn1)N1CCC(Oc2ncccn2)CC1. The van der Waals surface area contributed by atoms with Gasteiger partial charge in [0.05, 0.1) is 24.1 Å². The maximum absolute atomic E-state index is 13.0. The first-order chi connectivity index (χ1) is 15.3. The van der Waals surface area contributed by atoms with Crippen molar-refractivity contribution in [2.75, 3.05) is 13.1 Å². The Balaban J connectivity index is 1.24. The Morgan fingerprint density at radius 1 is 1.00 bits per heavy atom. The molecule has 0 aliphatic carbocycles. The predicted octanol–water partition coefficient (Wildman–Crippen LogP) is 2.35. The number of imidazole rings is 1. The first kappa shape index (κ1) is 19.1. The number of carbonyl (C=O) groups excluding carboxylic acids is 1. The van der Waals surface area contributed by atoms with Crippen LogP contribution in [0, 0.1) is 0 Å². The minimum absolute atomic E-state index is 0.00866. The molecule has 0 spiro atoms. The van der Waals surface area contributed by atoms with Crippen molar-refractivity contribution >= 4 is 17.1 Å². The van der Waals surface area contributed by atoms with E-state index in [1.165, 1.54) is 0 Å². The highest BCUT2D eigenvalue weighted by Gasteiger charge is 2.25. The van der Waals surface area contributed by atoms with E-state index in [2.05, 4.69) is 24.9 Å². The van der Waals surface area contributed by atoms with E-state index in [0.717, 1.165) is 24.2 Å². The number of hydrogen-bond acceptors (Lipinski definition) is 7. The van der Waals surface area contributed by atoms with Crippen LogP contribution in [0.5, 0.6) is 6.01 Å². The van der Waals surface area contributed by atoms with Crippen LogP contribution in [-0.4, -0.2) is 59.5 Å². The standard InChI is InChI=1S/C22H21N7O2/c30-21(28-10-5-18(6-11-28)31-22-24-8-3-9-25-22)16-12-19-20(26-13-16)29(15-27-19)14-17-4-1-2-7-23-17/h1-4,7-9,12-13,15,18H,5-6,10-11,14H2. The molecule has 31 heavy (non-hydrogen) atoms. The fourth-order valence-electron chi connectivity index (χ4n) is 3.70. The molecule has 0 unspecified atom stereocenters. The van der Waals surface area contributed by atoms with E-state index in [1.54, 1.807) is 43.2 Å². The summed E-state index contributed by atoms with van der Waals surface area (Å²) in [6.07, 6.45) is 9.91. The molecule has 0 N–H and O–H groups in total. The Morgan fingerprint density at radius 3 is 2.58 bits per heavy atom. The summed E-state index contributed by atoms with van der Waals surface area (Å²) in [5.74, 6) is -0.0388. The number of rotatable bonds is 5. The van der Waals surface area contributed by atoms with Crippen LogP contribution in [0.3, 0.4) is 0 Å². The average molecular weight is 415 g/mol. The third-order valence-corrected chi connectivity index (χ3v) is 5.30. The van der Waals surface area contributed by atoms with Gasteiger partial charge in [-0.2, -0.15) is 0 Å². The number of nitrogens with zero attached hydrogens (tertiary/aromatic N) is 7. The summed E-state index contributed by atoms with van der Waals surface area (Å²) in [5.41, 5.74) is 2.90. The second kappa shape index (κ2) is 8.47. The van der Waals surface area contributed by atoms with Crippen molar-refractivity contribution in [3.05, 3.63) is 72.7 Å². The normalized spacial score (nSPS) is 14.6. The van der Waals surface area contributed by atoms with Crippen molar-refractivity contribution in [3.63, 3.8) is 0 Å². The second-order valence-electron chi connectivity index (χ2n) is 7.40. The van der Waals surface area contributed by atoms with Crippen LogP contribution >= 0.6 is 0 Å². The molecule has 0 aromatic carbocycles. The lowest BCUT2D eigenvalue weighted by atomic mass is 10.1. The van der Waals surface area contributed by atoms with Crippen molar-refractivity contribution in [2.45, 2.75) is 25.5 Å². The lowest BCUT2D eigenvalue weighted by molar-refractivity contribution is 0.0578. The summed E-state index contributed by atoms with van der Waals surface area (Å²) in [4.78, 5) is 36.3. The molecule has 4 aromatic heterocycles. The summed E-state index contributed by atoms with van der Waals surface area (Å²) in [6, 6.07) is 9.73. The molecule has 0 saturated carbocycles. The molecule has 1 aliphatic heterocycles.